The van der Waals surface area contributed by atoms with E-state index in [0.29, 0.717) is 42.7 Å². The normalized spacial score (nSPS) is 19.9. The third kappa shape index (κ3) is 6.01. The number of nitrogens with zero attached hydrogens (tertiary/aromatic N) is 4. The van der Waals surface area contributed by atoms with E-state index in [9.17, 15) is 18.0 Å². The minimum absolute atomic E-state index is 0.0271. The van der Waals surface area contributed by atoms with Crippen LogP contribution in [0.4, 0.5) is 24.7 Å². The van der Waals surface area contributed by atoms with Crippen molar-refractivity contribution in [3.63, 3.8) is 0 Å². The van der Waals surface area contributed by atoms with Gasteiger partial charge in [-0.25, -0.2) is 4.98 Å². The van der Waals surface area contributed by atoms with Crippen molar-refractivity contribution in [2.75, 3.05) is 42.9 Å². The molecule has 4 heterocycles. The molecule has 2 aliphatic heterocycles. The third-order valence-corrected chi connectivity index (χ3v) is 9.23. The van der Waals surface area contributed by atoms with Gasteiger partial charge in [0, 0.05) is 34.2 Å². The number of alkyl halides is 3. The van der Waals surface area contributed by atoms with Crippen LogP contribution in [-0.2, 0) is 0 Å². The smallest absolute Gasteiger partial charge is 0.371 e. The summed E-state index contributed by atoms with van der Waals surface area (Å²) in [4.78, 5) is 26.8. The Balaban J connectivity index is 1.24. The molecule has 3 fully saturated rings. The molecule has 1 spiro atoms. The number of rotatable bonds is 5. The molecule has 0 bridgehead atoms. The maximum Gasteiger partial charge on any atom is 0.401 e. The van der Waals surface area contributed by atoms with E-state index in [1.54, 1.807) is 6.20 Å². The molecule has 1 amide bonds. The van der Waals surface area contributed by atoms with Gasteiger partial charge in [-0.3, -0.25) is 14.7 Å². The van der Waals surface area contributed by atoms with Crippen LogP contribution in [0.1, 0.15) is 60.5 Å². The lowest BCUT2D eigenvalue weighted by atomic mass is 9.91. The number of anilines is 2. The highest BCUT2D eigenvalue weighted by Crippen LogP contribution is 2.54. The van der Waals surface area contributed by atoms with Crippen molar-refractivity contribution < 1.29 is 18.0 Å². The Kier molecular flexibility index (Phi) is 7.20. The number of hydrogen-bond donors (Lipinski definition) is 1. The lowest BCUT2D eigenvalue weighted by molar-refractivity contribution is -0.147. The number of piperidine rings is 2. The highest BCUT2D eigenvalue weighted by molar-refractivity contribution is 14.1. The molecule has 39 heavy (non-hydrogen) atoms. The molecule has 1 aromatic carbocycles. The van der Waals surface area contributed by atoms with Gasteiger partial charge in [0.05, 0.1) is 29.0 Å². The number of pyridine rings is 2. The van der Waals surface area contributed by atoms with Gasteiger partial charge in [-0.1, -0.05) is 6.07 Å². The Morgan fingerprint density at radius 2 is 1.79 bits per heavy atom. The van der Waals surface area contributed by atoms with Crippen LogP contribution in [0.2, 0.25) is 0 Å². The standard InChI is InChI=1S/C29H31F3IN5O/c30-29(31,32)18-37-12-5-19(6-13-37)26-25-20(2-1-11-34-25)16-24(35-26)36-27(39)22-4-3-21(33)17-23(22)38-14-9-28(7-8-28)10-15-38/h1-4,11,16-17,19H,5-10,12-15,18H2,(H,35,36,39). The monoisotopic (exact) mass is 649 g/mol. The number of carbonyl (C=O) groups excluding carboxylic acids is 1. The Morgan fingerprint density at radius 3 is 2.49 bits per heavy atom. The van der Waals surface area contributed by atoms with Crippen LogP contribution in [0.25, 0.3) is 10.9 Å². The Hall–Kier alpha value is -2.47. The van der Waals surface area contributed by atoms with Gasteiger partial charge in [-0.2, -0.15) is 13.2 Å². The van der Waals surface area contributed by atoms with Crippen molar-refractivity contribution >= 4 is 50.9 Å². The second-order valence-corrected chi connectivity index (χ2v) is 12.5. The fraction of sp³-hybridized carbons (Fsp3) is 0.483. The first kappa shape index (κ1) is 26.7. The van der Waals surface area contributed by atoms with Crippen molar-refractivity contribution in [3.05, 3.63) is 57.4 Å². The average molecular weight is 649 g/mol. The quantitative estimate of drug-likeness (QED) is 0.316. The summed E-state index contributed by atoms with van der Waals surface area (Å²) >= 11 is 2.29. The van der Waals surface area contributed by atoms with Crippen LogP contribution < -0.4 is 10.2 Å². The van der Waals surface area contributed by atoms with Crippen LogP contribution in [-0.4, -0.2) is 59.7 Å². The highest BCUT2D eigenvalue weighted by Gasteiger charge is 2.44. The highest BCUT2D eigenvalue weighted by atomic mass is 127. The van der Waals surface area contributed by atoms with Crippen LogP contribution in [0.5, 0.6) is 0 Å². The minimum Gasteiger partial charge on any atom is -0.371 e. The van der Waals surface area contributed by atoms with Gasteiger partial charge >= 0.3 is 6.18 Å². The topological polar surface area (TPSA) is 61.4 Å². The predicted octanol–water partition coefficient (Wildman–Crippen LogP) is 6.61. The summed E-state index contributed by atoms with van der Waals surface area (Å²) in [6.07, 6.45) is 3.61. The van der Waals surface area contributed by atoms with Crippen LogP contribution in [0.3, 0.4) is 0 Å². The Morgan fingerprint density at radius 1 is 1.05 bits per heavy atom. The van der Waals surface area contributed by atoms with Gasteiger partial charge in [0.1, 0.15) is 5.82 Å². The number of nitrogens with one attached hydrogen (secondary N) is 1. The lowest BCUT2D eigenvalue weighted by Crippen LogP contribution is -2.39. The predicted molar refractivity (Wildman–Crippen MR) is 154 cm³/mol. The summed E-state index contributed by atoms with van der Waals surface area (Å²) in [5.74, 6) is 0.198. The molecule has 206 valence electrons. The van der Waals surface area contributed by atoms with Gasteiger partial charge in [-0.15, -0.1) is 0 Å². The van der Waals surface area contributed by atoms with E-state index in [2.05, 4.69) is 43.9 Å². The van der Waals surface area contributed by atoms with Crippen molar-refractivity contribution in [2.45, 2.75) is 50.6 Å². The number of hydrogen-bond acceptors (Lipinski definition) is 5. The van der Waals surface area contributed by atoms with Crippen molar-refractivity contribution in [1.29, 1.82) is 0 Å². The van der Waals surface area contributed by atoms with Gasteiger partial charge in [-0.05, 0) is 110 Å². The number of halogens is 4. The van der Waals surface area contributed by atoms with E-state index in [-0.39, 0.29) is 11.8 Å². The van der Waals surface area contributed by atoms with E-state index in [1.807, 2.05) is 30.3 Å². The van der Waals surface area contributed by atoms with E-state index in [1.165, 1.54) is 30.6 Å². The molecule has 0 unspecified atom stereocenters. The molecule has 1 aliphatic carbocycles. The second kappa shape index (κ2) is 10.5. The van der Waals surface area contributed by atoms with Crippen LogP contribution in [0.15, 0.2) is 42.6 Å². The Labute approximate surface area is 239 Å². The lowest BCUT2D eigenvalue weighted by Gasteiger charge is -2.35. The SMILES string of the molecule is O=C(Nc1cc2cccnc2c(C2CCN(CC(F)(F)F)CC2)n1)c1ccc(I)cc1N1CCC2(CC1)CC2. The van der Waals surface area contributed by atoms with E-state index >= 15 is 0 Å². The number of likely N-dealkylation sites (tertiary alicyclic amines) is 1. The number of carbonyl (C=O) groups is 1. The fourth-order valence-corrected chi connectivity index (χ4v) is 6.59. The molecule has 1 saturated carbocycles. The molecule has 3 aromatic rings. The molecular formula is C29H31F3IN5O. The summed E-state index contributed by atoms with van der Waals surface area (Å²) < 4.78 is 39.7. The molecule has 1 N–H and O–H groups in total. The average Bonchev–Trinajstić information content (AvgIpc) is 3.66. The molecular weight excluding hydrogens is 618 g/mol. The molecule has 2 aromatic heterocycles. The molecule has 2 saturated heterocycles. The second-order valence-electron chi connectivity index (χ2n) is 11.2. The molecule has 10 heteroatoms. The Bertz CT molecular complexity index is 1380. The largest absolute Gasteiger partial charge is 0.401 e. The van der Waals surface area contributed by atoms with Crippen LogP contribution in [0, 0.1) is 8.99 Å². The van der Waals surface area contributed by atoms with Gasteiger partial charge in [0.2, 0.25) is 0 Å². The summed E-state index contributed by atoms with van der Waals surface area (Å²) in [6, 6.07) is 11.5. The minimum atomic E-state index is -4.20. The van der Waals surface area contributed by atoms with E-state index in [4.69, 9.17) is 4.98 Å². The first-order valence-electron chi connectivity index (χ1n) is 13.6. The van der Waals surface area contributed by atoms with Gasteiger partial charge < -0.3 is 10.2 Å². The molecule has 6 nitrogen and oxygen atoms in total. The number of amides is 1. The summed E-state index contributed by atoms with van der Waals surface area (Å²) in [5.41, 5.74) is 3.60. The number of fused-ring (bicyclic) bond motifs is 1. The zero-order valence-corrected chi connectivity index (χ0v) is 23.8. The third-order valence-electron chi connectivity index (χ3n) is 8.56. The number of benzene rings is 1. The molecule has 3 aliphatic rings. The first-order valence-corrected chi connectivity index (χ1v) is 14.7. The molecule has 6 rings (SSSR count). The first-order chi connectivity index (χ1) is 18.7. The van der Waals surface area contributed by atoms with Crippen LogP contribution >= 0.6 is 22.6 Å². The molecule has 0 radical (unpaired) electrons. The molecule has 0 atom stereocenters. The van der Waals surface area contributed by atoms with Gasteiger partial charge in [0.25, 0.3) is 5.91 Å². The maximum absolute atomic E-state index is 13.6. The fourth-order valence-electron chi connectivity index (χ4n) is 6.12. The zero-order chi connectivity index (χ0) is 27.2. The summed E-state index contributed by atoms with van der Waals surface area (Å²) in [7, 11) is 0. The van der Waals surface area contributed by atoms with E-state index < -0.39 is 12.7 Å². The zero-order valence-electron chi connectivity index (χ0n) is 21.6. The van der Waals surface area contributed by atoms with Crippen molar-refractivity contribution in [2.24, 2.45) is 5.41 Å². The van der Waals surface area contributed by atoms with Gasteiger partial charge in [0.15, 0.2) is 0 Å². The number of aromatic nitrogens is 2. The summed E-state index contributed by atoms with van der Waals surface area (Å²) in [6.45, 7) is 1.72. The maximum atomic E-state index is 13.6. The van der Waals surface area contributed by atoms with E-state index in [0.717, 1.165) is 38.9 Å². The van der Waals surface area contributed by atoms with Crippen molar-refractivity contribution in [3.8, 4) is 0 Å². The van der Waals surface area contributed by atoms with Crippen molar-refractivity contribution in [1.82, 2.24) is 14.9 Å². The summed E-state index contributed by atoms with van der Waals surface area (Å²) in [5, 5.41) is 3.88.